The van der Waals surface area contributed by atoms with Crippen molar-refractivity contribution in [2.45, 2.75) is 52.9 Å². The van der Waals surface area contributed by atoms with Gasteiger partial charge in [-0.3, -0.25) is 0 Å². The lowest BCUT2D eigenvalue weighted by Crippen LogP contribution is -2.25. The highest BCUT2D eigenvalue weighted by atomic mass is 19.1. The molecular weight excluding hydrogens is 512 g/mol. The largest absolute Gasteiger partial charge is 0.434 e. The Morgan fingerprint density at radius 2 is 1.82 bits per heavy atom. The van der Waals surface area contributed by atoms with Crippen molar-refractivity contribution in [2.24, 2.45) is 22.6 Å². The van der Waals surface area contributed by atoms with Gasteiger partial charge in [-0.05, 0) is 83.2 Å². The average molecular weight is 546 g/mol. The van der Waals surface area contributed by atoms with E-state index in [-0.39, 0.29) is 40.3 Å². The number of aliphatic imine (C=N–C) groups is 1. The Hall–Kier alpha value is -4.20. The number of ether oxygens (including phenoxy) is 2. The Morgan fingerprint density at radius 1 is 1.05 bits per heavy atom. The molecule has 1 aliphatic carbocycles. The van der Waals surface area contributed by atoms with Crippen molar-refractivity contribution >= 4 is 11.5 Å². The monoisotopic (exact) mass is 545 g/mol. The van der Waals surface area contributed by atoms with Crippen LogP contribution in [0, 0.1) is 30.4 Å². The molecule has 5 rings (SSSR count). The van der Waals surface area contributed by atoms with Crippen LogP contribution in [0.15, 0.2) is 70.2 Å². The minimum Gasteiger partial charge on any atom is -0.434 e. The highest BCUT2D eigenvalue weighted by Crippen LogP contribution is 2.54. The summed E-state index contributed by atoms with van der Waals surface area (Å²) in [7, 11) is 0. The highest BCUT2D eigenvalue weighted by molar-refractivity contribution is 5.97. The quantitative estimate of drug-likeness (QED) is 0.186. The van der Waals surface area contributed by atoms with Crippen molar-refractivity contribution in [3.63, 3.8) is 0 Å². The van der Waals surface area contributed by atoms with E-state index in [2.05, 4.69) is 56.7 Å². The minimum atomic E-state index is -0.860. The molecule has 4 aromatic rings. The number of pyridine rings is 1. The molecule has 0 aliphatic heterocycles. The summed E-state index contributed by atoms with van der Waals surface area (Å²) < 4.78 is 45.0. The maximum atomic E-state index is 14.1. The molecule has 0 bridgehead atoms. The number of hydrogen-bond acceptors (Lipinski definition) is 5. The van der Waals surface area contributed by atoms with Gasteiger partial charge in [-0.25, -0.2) is 18.8 Å². The zero-order valence-electron chi connectivity index (χ0n) is 23.5. The third-order valence-electron chi connectivity index (χ3n) is 7.93. The van der Waals surface area contributed by atoms with Gasteiger partial charge in [-0.15, -0.1) is 0 Å². The molecule has 0 saturated carbocycles. The van der Waals surface area contributed by atoms with Crippen LogP contribution < -0.4 is 15.2 Å². The first-order valence-corrected chi connectivity index (χ1v) is 13.3. The van der Waals surface area contributed by atoms with Crippen molar-refractivity contribution in [1.82, 2.24) is 4.98 Å². The third kappa shape index (κ3) is 5.06. The van der Waals surface area contributed by atoms with E-state index in [4.69, 9.17) is 19.6 Å². The van der Waals surface area contributed by atoms with Crippen LogP contribution >= 0.6 is 0 Å². The van der Waals surface area contributed by atoms with Gasteiger partial charge in [-0.2, -0.15) is 0 Å². The second-order valence-corrected chi connectivity index (χ2v) is 11.2. The van der Waals surface area contributed by atoms with Crippen LogP contribution in [0.25, 0.3) is 0 Å². The number of benzene rings is 2. The van der Waals surface area contributed by atoms with Gasteiger partial charge in [0.25, 0.3) is 5.95 Å². The Balaban J connectivity index is 1.39. The molecule has 0 fully saturated rings. The fraction of sp³-hybridized carbons (Fsp3) is 0.312. The van der Waals surface area contributed by atoms with Crippen molar-refractivity contribution in [3.05, 3.63) is 94.9 Å². The van der Waals surface area contributed by atoms with Crippen LogP contribution in [0.2, 0.25) is 0 Å². The summed E-state index contributed by atoms with van der Waals surface area (Å²) in [5, 5.41) is 0. The number of aryl methyl sites for hydroxylation is 1. The van der Waals surface area contributed by atoms with E-state index >= 15 is 0 Å². The predicted molar refractivity (Wildman–Crippen MR) is 151 cm³/mol. The Morgan fingerprint density at radius 3 is 2.55 bits per heavy atom. The SMILES string of the molecule is Cc1cc2c(cc1Oc1ccc(C(N)=Nc3cccnc3Oc3ccc(F)cc3F)o1)C(C(C)C)C(C)C2(C)C. The summed E-state index contributed by atoms with van der Waals surface area (Å²) in [6.45, 7) is 13.5. The molecule has 2 N–H and O–H groups in total. The Bertz CT molecular complexity index is 1590. The first kappa shape index (κ1) is 27.4. The summed E-state index contributed by atoms with van der Waals surface area (Å²) in [4.78, 5) is 8.49. The van der Waals surface area contributed by atoms with E-state index in [0.29, 0.717) is 17.8 Å². The molecule has 2 atom stereocenters. The average Bonchev–Trinajstić information content (AvgIpc) is 3.43. The van der Waals surface area contributed by atoms with E-state index in [0.717, 1.165) is 23.4 Å². The number of furan rings is 1. The first-order chi connectivity index (χ1) is 19.0. The predicted octanol–water partition coefficient (Wildman–Crippen LogP) is 8.55. The van der Waals surface area contributed by atoms with Crippen LogP contribution in [0.4, 0.5) is 14.5 Å². The lowest BCUT2D eigenvalue weighted by Gasteiger charge is -2.30. The smallest absolute Gasteiger partial charge is 0.290 e. The van der Waals surface area contributed by atoms with Gasteiger partial charge in [0.2, 0.25) is 5.88 Å². The number of aromatic nitrogens is 1. The normalized spacial score (nSPS) is 18.2. The van der Waals surface area contributed by atoms with Gasteiger partial charge in [0, 0.05) is 18.3 Å². The maximum Gasteiger partial charge on any atom is 0.290 e. The fourth-order valence-corrected chi connectivity index (χ4v) is 5.56. The van der Waals surface area contributed by atoms with Crippen LogP contribution in [0.3, 0.4) is 0 Å². The van der Waals surface area contributed by atoms with Gasteiger partial charge in [0.15, 0.2) is 23.2 Å². The van der Waals surface area contributed by atoms with Crippen LogP contribution in [-0.4, -0.2) is 10.8 Å². The van der Waals surface area contributed by atoms with E-state index in [1.54, 1.807) is 24.3 Å². The highest BCUT2D eigenvalue weighted by Gasteiger charge is 2.45. The summed E-state index contributed by atoms with van der Waals surface area (Å²) in [6, 6.07) is 14.0. The third-order valence-corrected chi connectivity index (χ3v) is 7.93. The summed E-state index contributed by atoms with van der Waals surface area (Å²) in [6.07, 6.45) is 1.47. The molecule has 2 aromatic carbocycles. The molecule has 0 spiro atoms. The summed E-state index contributed by atoms with van der Waals surface area (Å²) in [5.41, 5.74) is 10.3. The maximum absolute atomic E-state index is 14.1. The standard InChI is InChI=1S/C32H33F2N3O3/c1-17(2)29-19(4)32(5,6)22-14-18(3)27(16-21(22)29)39-28-12-11-26(38-28)30(35)37-24-8-7-13-36-31(24)40-25-10-9-20(33)15-23(25)34/h7-17,19,29H,1-6H3,(H2,35,37). The molecule has 2 unspecified atom stereocenters. The molecule has 2 heterocycles. The van der Waals surface area contributed by atoms with Gasteiger partial charge >= 0.3 is 0 Å². The Labute approximate surface area is 232 Å². The number of halogens is 2. The number of rotatable bonds is 7. The molecule has 0 radical (unpaired) electrons. The number of nitrogens with two attached hydrogens (primary N) is 1. The Kier molecular flexibility index (Phi) is 7.12. The molecular formula is C32H33F2N3O3. The zero-order valence-corrected chi connectivity index (χ0v) is 23.5. The molecule has 208 valence electrons. The number of fused-ring (bicyclic) bond motifs is 1. The van der Waals surface area contributed by atoms with Crippen molar-refractivity contribution in [3.8, 4) is 23.3 Å². The lowest BCUT2D eigenvalue weighted by atomic mass is 9.74. The first-order valence-electron chi connectivity index (χ1n) is 13.3. The molecule has 6 nitrogen and oxygen atoms in total. The van der Waals surface area contributed by atoms with E-state index < -0.39 is 11.6 Å². The van der Waals surface area contributed by atoms with Gasteiger partial charge in [-0.1, -0.05) is 40.7 Å². The summed E-state index contributed by atoms with van der Waals surface area (Å²) >= 11 is 0. The lowest BCUT2D eigenvalue weighted by molar-refractivity contribution is 0.285. The molecule has 40 heavy (non-hydrogen) atoms. The van der Waals surface area contributed by atoms with Crippen LogP contribution in [0.1, 0.15) is 63.0 Å². The second-order valence-electron chi connectivity index (χ2n) is 11.2. The van der Waals surface area contributed by atoms with E-state index in [1.807, 2.05) is 6.92 Å². The molecule has 0 saturated heterocycles. The van der Waals surface area contributed by atoms with Crippen LogP contribution in [0.5, 0.6) is 23.3 Å². The molecule has 2 aromatic heterocycles. The van der Waals surface area contributed by atoms with E-state index in [9.17, 15) is 8.78 Å². The van der Waals surface area contributed by atoms with E-state index in [1.165, 1.54) is 23.4 Å². The van der Waals surface area contributed by atoms with Crippen molar-refractivity contribution < 1.29 is 22.7 Å². The topological polar surface area (TPSA) is 82.9 Å². The number of nitrogens with zero attached hydrogens (tertiary/aromatic N) is 2. The fourth-order valence-electron chi connectivity index (χ4n) is 5.56. The number of hydrogen-bond donors (Lipinski definition) is 1. The van der Waals surface area contributed by atoms with Crippen molar-refractivity contribution in [1.29, 1.82) is 0 Å². The zero-order chi connectivity index (χ0) is 28.8. The molecule has 1 aliphatic rings. The van der Waals surface area contributed by atoms with Gasteiger partial charge < -0.3 is 19.6 Å². The summed E-state index contributed by atoms with van der Waals surface area (Å²) in [5.74, 6) is 1.02. The van der Waals surface area contributed by atoms with Crippen LogP contribution in [-0.2, 0) is 5.41 Å². The number of amidine groups is 1. The molecule has 0 amide bonds. The molecule has 8 heteroatoms. The van der Waals surface area contributed by atoms with Crippen molar-refractivity contribution in [2.75, 3.05) is 0 Å². The second kappa shape index (κ2) is 10.4. The van der Waals surface area contributed by atoms with Gasteiger partial charge in [0.05, 0.1) is 0 Å². The minimum absolute atomic E-state index is 0.00427. The van der Waals surface area contributed by atoms with Gasteiger partial charge in [0.1, 0.15) is 17.3 Å².